The number of nitrogens with zero attached hydrogens (tertiary/aromatic N) is 3. The van der Waals surface area contributed by atoms with Crippen LogP contribution in [0.25, 0.3) is 5.69 Å². The van der Waals surface area contributed by atoms with Crippen LogP contribution in [0.2, 0.25) is 0 Å². The Kier molecular flexibility index (Phi) is 3.84. The second kappa shape index (κ2) is 5.36. The highest BCUT2D eigenvalue weighted by Crippen LogP contribution is 2.22. The SMILES string of the molecule is CCCSc1nncn1-c1ccc(C)cc1C. The molecule has 0 fully saturated rings. The van der Waals surface area contributed by atoms with Crippen molar-refractivity contribution in [2.24, 2.45) is 0 Å². The van der Waals surface area contributed by atoms with Gasteiger partial charge in [-0.3, -0.25) is 4.57 Å². The molecule has 3 nitrogen and oxygen atoms in total. The minimum atomic E-state index is 0.971. The summed E-state index contributed by atoms with van der Waals surface area (Å²) >= 11 is 1.75. The van der Waals surface area contributed by atoms with Crippen LogP contribution in [0.5, 0.6) is 0 Å². The maximum atomic E-state index is 4.17. The van der Waals surface area contributed by atoms with Crippen molar-refractivity contribution in [3.63, 3.8) is 0 Å². The Hall–Kier alpha value is -1.29. The molecular weight excluding hydrogens is 230 g/mol. The number of benzene rings is 1. The summed E-state index contributed by atoms with van der Waals surface area (Å²) < 4.78 is 2.06. The van der Waals surface area contributed by atoms with Gasteiger partial charge >= 0.3 is 0 Å². The summed E-state index contributed by atoms with van der Waals surface area (Å²) in [6.45, 7) is 6.40. The van der Waals surface area contributed by atoms with E-state index in [4.69, 9.17) is 0 Å². The lowest BCUT2D eigenvalue weighted by Crippen LogP contribution is -1.98. The van der Waals surface area contributed by atoms with Gasteiger partial charge in [-0.05, 0) is 31.9 Å². The van der Waals surface area contributed by atoms with Crippen molar-refractivity contribution in [1.82, 2.24) is 14.8 Å². The van der Waals surface area contributed by atoms with E-state index in [0.717, 1.165) is 17.3 Å². The van der Waals surface area contributed by atoms with E-state index >= 15 is 0 Å². The number of hydrogen-bond donors (Lipinski definition) is 0. The lowest BCUT2D eigenvalue weighted by atomic mass is 10.1. The van der Waals surface area contributed by atoms with Crippen LogP contribution in [-0.2, 0) is 0 Å². The highest BCUT2D eigenvalue weighted by atomic mass is 32.2. The first-order chi connectivity index (χ1) is 8.22. The van der Waals surface area contributed by atoms with Gasteiger partial charge in [0.2, 0.25) is 0 Å². The lowest BCUT2D eigenvalue weighted by molar-refractivity contribution is 0.875. The zero-order valence-electron chi connectivity index (χ0n) is 10.5. The Bertz CT molecular complexity index is 505. The van der Waals surface area contributed by atoms with Gasteiger partial charge in [0.05, 0.1) is 5.69 Å². The summed E-state index contributed by atoms with van der Waals surface area (Å²) in [6.07, 6.45) is 2.93. The van der Waals surface area contributed by atoms with Crippen LogP contribution in [0.3, 0.4) is 0 Å². The van der Waals surface area contributed by atoms with E-state index in [9.17, 15) is 0 Å². The topological polar surface area (TPSA) is 30.7 Å². The third-order valence-electron chi connectivity index (χ3n) is 2.56. The van der Waals surface area contributed by atoms with Crippen molar-refractivity contribution in [2.75, 3.05) is 5.75 Å². The molecule has 2 aromatic rings. The molecule has 0 aliphatic carbocycles. The molecule has 0 radical (unpaired) electrons. The maximum absolute atomic E-state index is 4.17. The fourth-order valence-electron chi connectivity index (χ4n) is 1.76. The molecule has 90 valence electrons. The predicted octanol–water partition coefficient (Wildman–Crippen LogP) is 3.39. The average molecular weight is 247 g/mol. The fraction of sp³-hybridized carbons (Fsp3) is 0.385. The molecule has 0 saturated heterocycles. The molecule has 1 aromatic carbocycles. The Labute approximate surface area is 106 Å². The molecule has 0 aliphatic heterocycles. The van der Waals surface area contributed by atoms with Crippen LogP contribution in [0.1, 0.15) is 24.5 Å². The van der Waals surface area contributed by atoms with E-state index in [1.807, 2.05) is 0 Å². The smallest absolute Gasteiger partial charge is 0.195 e. The molecule has 2 rings (SSSR count). The normalized spacial score (nSPS) is 10.8. The molecule has 4 heteroatoms. The maximum Gasteiger partial charge on any atom is 0.195 e. The Morgan fingerprint density at radius 1 is 1.29 bits per heavy atom. The summed E-state index contributed by atoms with van der Waals surface area (Å²) in [7, 11) is 0. The Balaban J connectivity index is 2.35. The summed E-state index contributed by atoms with van der Waals surface area (Å²) in [5, 5.41) is 9.15. The second-order valence-electron chi connectivity index (χ2n) is 4.12. The molecule has 1 heterocycles. The minimum absolute atomic E-state index is 0.971. The van der Waals surface area contributed by atoms with Crippen molar-refractivity contribution in [1.29, 1.82) is 0 Å². The van der Waals surface area contributed by atoms with E-state index in [-0.39, 0.29) is 0 Å². The van der Waals surface area contributed by atoms with E-state index in [1.165, 1.54) is 16.8 Å². The zero-order valence-corrected chi connectivity index (χ0v) is 11.3. The zero-order chi connectivity index (χ0) is 12.3. The van der Waals surface area contributed by atoms with E-state index in [1.54, 1.807) is 18.1 Å². The molecule has 0 saturated carbocycles. The van der Waals surface area contributed by atoms with Gasteiger partial charge in [-0.2, -0.15) is 0 Å². The Morgan fingerprint density at radius 2 is 2.12 bits per heavy atom. The van der Waals surface area contributed by atoms with Gasteiger partial charge in [0, 0.05) is 5.75 Å². The molecule has 0 bridgehead atoms. The van der Waals surface area contributed by atoms with Gasteiger partial charge in [0.15, 0.2) is 5.16 Å². The van der Waals surface area contributed by atoms with Gasteiger partial charge < -0.3 is 0 Å². The predicted molar refractivity (Wildman–Crippen MR) is 71.8 cm³/mol. The quantitative estimate of drug-likeness (QED) is 0.776. The summed E-state index contributed by atoms with van der Waals surface area (Å²) in [5.74, 6) is 1.07. The molecule has 1 aromatic heterocycles. The number of rotatable bonds is 4. The van der Waals surface area contributed by atoms with Gasteiger partial charge in [-0.1, -0.05) is 36.4 Å². The van der Waals surface area contributed by atoms with E-state index in [2.05, 4.69) is 53.7 Å². The van der Waals surface area contributed by atoms with Crippen LogP contribution >= 0.6 is 11.8 Å². The first kappa shape index (κ1) is 12.2. The molecule has 0 unspecified atom stereocenters. The van der Waals surface area contributed by atoms with E-state index in [0.29, 0.717) is 0 Å². The third-order valence-corrected chi connectivity index (χ3v) is 3.71. The number of hydrogen-bond acceptors (Lipinski definition) is 3. The summed E-state index contributed by atoms with van der Waals surface area (Å²) in [5.41, 5.74) is 3.70. The fourth-order valence-corrected chi connectivity index (χ4v) is 2.53. The van der Waals surface area contributed by atoms with Gasteiger partial charge in [-0.15, -0.1) is 10.2 Å². The molecule has 0 atom stereocenters. The highest BCUT2D eigenvalue weighted by molar-refractivity contribution is 7.99. The van der Waals surface area contributed by atoms with Crippen LogP contribution in [-0.4, -0.2) is 20.5 Å². The average Bonchev–Trinajstić information content (AvgIpc) is 2.74. The standard InChI is InChI=1S/C13H17N3S/c1-4-7-17-13-15-14-9-16(13)12-6-5-10(2)8-11(12)3/h5-6,8-9H,4,7H2,1-3H3. The summed E-state index contributed by atoms with van der Waals surface area (Å²) in [4.78, 5) is 0. The van der Waals surface area contributed by atoms with Crippen LogP contribution < -0.4 is 0 Å². The lowest BCUT2D eigenvalue weighted by Gasteiger charge is -2.09. The van der Waals surface area contributed by atoms with Crippen LogP contribution in [0, 0.1) is 13.8 Å². The Morgan fingerprint density at radius 3 is 2.82 bits per heavy atom. The number of aromatic nitrogens is 3. The van der Waals surface area contributed by atoms with Crippen molar-refractivity contribution in [3.05, 3.63) is 35.7 Å². The van der Waals surface area contributed by atoms with Crippen LogP contribution in [0.15, 0.2) is 29.7 Å². The molecule has 0 spiro atoms. The largest absolute Gasteiger partial charge is 0.276 e. The molecule has 0 N–H and O–H groups in total. The first-order valence-electron chi connectivity index (χ1n) is 5.83. The number of aryl methyl sites for hydroxylation is 2. The van der Waals surface area contributed by atoms with Crippen molar-refractivity contribution >= 4 is 11.8 Å². The van der Waals surface area contributed by atoms with Crippen molar-refractivity contribution < 1.29 is 0 Å². The van der Waals surface area contributed by atoms with E-state index < -0.39 is 0 Å². The molecular formula is C13H17N3S. The highest BCUT2D eigenvalue weighted by Gasteiger charge is 2.08. The number of thioether (sulfide) groups is 1. The van der Waals surface area contributed by atoms with Gasteiger partial charge in [0.1, 0.15) is 6.33 Å². The summed E-state index contributed by atoms with van der Waals surface area (Å²) in [6, 6.07) is 6.43. The van der Waals surface area contributed by atoms with Gasteiger partial charge in [0.25, 0.3) is 0 Å². The van der Waals surface area contributed by atoms with Crippen molar-refractivity contribution in [2.45, 2.75) is 32.3 Å². The molecule has 17 heavy (non-hydrogen) atoms. The first-order valence-corrected chi connectivity index (χ1v) is 6.81. The monoisotopic (exact) mass is 247 g/mol. The van der Waals surface area contributed by atoms with Crippen molar-refractivity contribution in [3.8, 4) is 5.69 Å². The van der Waals surface area contributed by atoms with Gasteiger partial charge in [-0.25, -0.2) is 0 Å². The third kappa shape index (κ3) is 2.69. The second-order valence-corrected chi connectivity index (χ2v) is 5.18. The molecule has 0 amide bonds. The minimum Gasteiger partial charge on any atom is -0.276 e. The molecule has 0 aliphatic rings. The van der Waals surface area contributed by atoms with Crippen LogP contribution in [0.4, 0.5) is 0 Å².